The van der Waals surface area contributed by atoms with E-state index >= 15 is 0 Å². The summed E-state index contributed by atoms with van der Waals surface area (Å²) in [6, 6.07) is 2.09. The van der Waals surface area contributed by atoms with Crippen LogP contribution in [0.2, 0.25) is 0 Å². The van der Waals surface area contributed by atoms with Gasteiger partial charge in [0.1, 0.15) is 5.75 Å². The second kappa shape index (κ2) is 6.23. The number of rotatable bonds is 4. The largest absolute Gasteiger partial charge is 0.507 e. The Morgan fingerprint density at radius 1 is 1.42 bits per heavy atom. The molecule has 0 radical (unpaired) electrons. The normalized spacial score (nSPS) is 12.7. The summed E-state index contributed by atoms with van der Waals surface area (Å²) in [6.07, 6.45) is 0. The maximum Gasteiger partial charge on any atom is 0.335 e. The number of aliphatic hydroxyl groups is 1. The summed E-state index contributed by atoms with van der Waals surface area (Å²) >= 11 is 0. The van der Waals surface area contributed by atoms with Crippen LogP contribution in [0.4, 0.5) is 0 Å². The van der Waals surface area contributed by atoms with Crippen LogP contribution in [0, 0.1) is 12.3 Å². The zero-order valence-corrected chi connectivity index (χ0v) is 12.0. The number of aromatic hydroxyl groups is 1. The Morgan fingerprint density at radius 2 is 1.95 bits per heavy atom. The number of hydrogen-bond acceptors (Lipinski definition) is 4. The van der Waals surface area contributed by atoms with Crippen LogP contribution in [0.1, 0.15) is 41.4 Å². The van der Waals surface area contributed by atoms with Gasteiger partial charge in [-0.2, -0.15) is 0 Å². The Kier molecular flexibility index (Phi) is 5.81. The molecule has 0 saturated heterocycles. The summed E-state index contributed by atoms with van der Waals surface area (Å²) in [5, 5.41) is 28.3. The summed E-state index contributed by atoms with van der Waals surface area (Å²) in [5.74, 6) is -1.10. The van der Waals surface area contributed by atoms with E-state index < -0.39 is 17.4 Å². The van der Waals surface area contributed by atoms with Gasteiger partial charge in [-0.1, -0.05) is 13.8 Å². The second-order valence-corrected chi connectivity index (χ2v) is 5.16. The van der Waals surface area contributed by atoms with E-state index in [0.717, 1.165) is 0 Å². The summed E-state index contributed by atoms with van der Waals surface area (Å²) in [6.45, 7) is 4.95. The molecule has 0 unspecified atom stereocenters. The average Bonchev–Trinajstić information content (AvgIpc) is 2.31. The standard InChI is InChI=1S/C13H19NO4.ClH/c1-7-4-8(12(17)18)5-9(10(7)16)11(14)13(2,3)6-15;/h4-5,11,15-16H,6,14H2,1-3H3,(H,17,18);1H/t11-;/m0./s1. The molecule has 5 nitrogen and oxygen atoms in total. The van der Waals surface area contributed by atoms with Gasteiger partial charge in [-0.15, -0.1) is 12.4 Å². The molecule has 0 bridgehead atoms. The predicted molar refractivity (Wildman–Crippen MR) is 74.8 cm³/mol. The quantitative estimate of drug-likeness (QED) is 0.677. The van der Waals surface area contributed by atoms with Crippen molar-refractivity contribution in [1.29, 1.82) is 0 Å². The fraction of sp³-hybridized carbons (Fsp3) is 0.462. The van der Waals surface area contributed by atoms with Crippen LogP contribution in [-0.4, -0.2) is 27.9 Å². The van der Waals surface area contributed by atoms with Gasteiger partial charge in [0.2, 0.25) is 0 Å². The highest BCUT2D eigenvalue weighted by Crippen LogP contribution is 2.37. The minimum absolute atomic E-state index is 0. The Bertz CT molecular complexity index is 474. The number of carboxylic acid groups (broad SMARTS) is 1. The van der Waals surface area contributed by atoms with Crippen LogP contribution in [0.5, 0.6) is 5.75 Å². The van der Waals surface area contributed by atoms with Crippen LogP contribution in [0.3, 0.4) is 0 Å². The van der Waals surface area contributed by atoms with Gasteiger partial charge in [0.05, 0.1) is 5.56 Å². The molecule has 0 aliphatic rings. The third kappa shape index (κ3) is 3.59. The number of phenolic OH excluding ortho intramolecular Hbond substituents is 1. The van der Waals surface area contributed by atoms with Crippen molar-refractivity contribution in [3.8, 4) is 5.75 Å². The molecule has 108 valence electrons. The van der Waals surface area contributed by atoms with E-state index in [1.807, 2.05) is 0 Å². The molecule has 19 heavy (non-hydrogen) atoms. The van der Waals surface area contributed by atoms with Gasteiger partial charge in [0, 0.05) is 23.6 Å². The second-order valence-electron chi connectivity index (χ2n) is 5.16. The SMILES string of the molecule is Cc1cc(C(=O)O)cc([C@H](N)C(C)(C)CO)c1O.Cl. The van der Waals surface area contributed by atoms with Crippen LogP contribution in [0.15, 0.2) is 12.1 Å². The first kappa shape index (κ1) is 17.7. The van der Waals surface area contributed by atoms with Crippen molar-refractivity contribution in [2.75, 3.05) is 6.61 Å². The molecule has 1 aromatic rings. The first-order valence-corrected chi connectivity index (χ1v) is 5.64. The van der Waals surface area contributed by atoms with Crippen molar-refractivity contribution >= 4 is 18.4 Å². The monoisotopic (exact) mass is 289 g/mol. The molecular formula is C13H20ClNO4. The Balaban J connectivity index is 0.00000324. The average molecular weight is 290 g/mol. The number of hydrogen-bond donors (Lipinski definition) is 4. The van der Waals surface area contributed by atoms with Gasteiger partial charge in [-0.05, 0) is 24.6 Å². The van der Waals surface area contributed by atoms with E-state index in [2.05, 4.69) is 0 Å². The highest BCUT2D eigenvalue weighted by Gasteiger charge is 2.30. The van der Waals surface area contributed by atoms with E-state index in [4.69, 9.17) is 10.8 Å². The van der Waals surface area contributed by atoms with E-state index in [1.54, 1.807) is 20.8 Å². The summed E-state index contributed by atoms with van der Waals surface area (Å²) in [5.41, 5.74) is 6.22. The zero-order chi connectivity index (χ0) is 14.1. The zero-order valence-electron chi connectivity index (χ0n) is 11.2. The van der Waals surface area contributed by atoms with Crippen molar-refractivity contribution in [3.63, 3.8) is 0 Å². The minimum Gasteiger partial charge on any atom is -0.507 e. The molecule has 0 amide bonds. The van der Waals surface area contributed by atoms with E-state index in [1.165, 1.54) is 12.1 Å². The molecule has 0 fully saturated rings. The van der Waals surface area contributed by atoms with Crippen molar-refractivity contribution in [1.82, 2.24) is 0 Å². The number of benzene rings is 1. The highest BCUT2D eigenvalue weighted by molar-refractivity contribution is 5.88. The number of aryl methyl sites for hydroxylation is 1. The first-order valence-electron chi connectivity index (χ1n) is 5.64. The predicted octanol–water partition coefficient (Wildman–Crippen LogP) is 1.84. The summed E-state index contributed by atoms with van der Waals surface area (Å²) in [7, 11) is 0. The van der Waals surface area contributed by atoms with Crippen molar-refractivity contribution in [2.24, 2.45) is 11.1 Å². The summed E-state index contributed by atoms with van der Waals surface area (Å²) in [4.78, 5) is 11.0. The lowest BCUT2D eigenvalue weighted by molar-refractivity contribution is 0.0696. The number of carbonyl (C=O) groups is 1. The van der Waals surface area contributed by atoms with Crippen molar-refractivity contribution in [3.05, 3.63) is 28.8 Å². The van der Waals surface area contributed by atoms with Crippen LogP contribution in [-0.2, 0) is 0 Å². The van der Waals surface area contributed by atoms with Crippen LogP contribution < -0.4 is 5.73 Å². The van der Waals surface area contributed by atoms with Gasteiger partial charge < -0.3 is 21.1 Å². The van der Waals surface area contributed by atoms with E-state index in [0.29, 0.717) is 11.1 Å². The van der Waals surface area contributed by atoms with Crippen LogP contribution in [0.25, 0.3) is 0 Å². The lowest BCUT2D eigenvalue weighted by Crippen LogP contribution is -2.32. The van der Waals surface area contributed by atoms with Crippen molar-refractivity contribution < 1.29 is 20.1 Å². The molecule has 0 spiro atoms. The Hall–Kier alpha value is -1.30. The molecular weight excluding hydrogens is 270 g/mol. The third-order valence-corrected chi connectivity index (χ3v) is 3.16. The number of phenols is 1. The molecule has 1 rings (SSSR count). The number of aliphatic hydroxyl groups excluding tert-OH is 1. The highest BCUT2D eigenvalue weighted by atomic mass is 35.5. The van der Waals surface area contributed by atoms with Gasteiger partial charge in [0.15, 0.2) is 0 Å². The number of halogens is 1. The maximum atomic E-state index is 11.0. The summed E-state index contributed by atoms with van der Waals surface area (Å²) < 4.78 is 0. The fourth-order valence-electron chi connectivity index (χ4n) is 1.69. The Morgan fingerprint density at radius 3 is 2.37 bits per heavy atom. The molecule has 1 atom stereocenters. The molecule has 0 aliphatic carbocycles. The number of aromatic carboxylic acids is 1. The van der Waals surface area contributed by atoms with Gasteiger partial charge >= 0.3 is 5.97 Å². The first-order chi connectivity index (χ1) is 8.20. The molecule has 0 heterocycles. The molecule has 5 N–H and O–H groups in total. The maximum absolute atomic E-state index is 11.0. The topological polar surface area (TPSA) is 104 Å². The van der Waals surface area contributed by atoms with E-state index in [-0.39, 0.29) is 30.3 Å². The molecule has 6 heteroatoms. The Labute approximate surface area is 118 Å². The molecule has 0 aromatic heterocycles. The van der Waals surface area contributed by atoms with Crippen molar-refractivity contribution in [2.45, 2.75) is 26.8 Å². The molecule has 0 saturated carbocycles. The van der Waals surface area contributed by atoms with Gasteiger partial charge in [-0.3, -0.25) is 0 Å². The smallest absolute Gasteiger partial charge is 0.335 e. The lowest BCUT2D eigenvalue weighted by atomic mass is 9.80. The van der Waals surface area contributed by atoms with Gasteiger partial charge in [-0.25, -0.2) is 4.79 Å². The van der Waals surface area contributed by atoms with E-state index in [9.17, 15) is 15.0 Å². The lowest BCUT2D eigenvalue weighted by Gasteiger charge is -2.30. The fourth-order valence-corrected chi connectivity index (χ4v) is 1.69. The van der Waals surface area contributed by atoms with Crippen LogP contribution >= 0.6 is 12.4 Å². The minimum atomic E-state index is -1.08. The molecule has 0 aliphatic heterocycles. The molecule has 1 aromatic carbocycles. The number of carboxylic acids is 1. The third-order valence-electron chi connectivity index (χ3n) is 3.16. The number of nitrogens with two attached hydrogens (primary N) is 1. The van der Waals surface area contributed by atoms with Gasteiger partial charge in [0.25, 0.3) is 0 Å².